The number of aliphatic hydroxyl groups is 1. The largest absolute Gasteiger partial charge is 0.394 e. The Kier molecular flexibility index (Phi) is 7.15. The van der Waals surface area contributed by atoms with Gasteiger partial charge < -0.3 is 15.2 Å². The van der Waals surface area contributed by atoms with Crippen LogP contribution >= 0.6 is 0 Å². The van der Waals surface area contributed by atoms with Crippen LogP contribution in [0.15, 0.2) is 0 Å². The molecule has 0 spiro atoms. The Morgan fingerprint density at radius 3 is 2.78 bits per heavy atom. The van der Waals surface area contributed by atoms with Gasteiger partial charge in [-0.15, -0.1) is 0 Å². The van der Waals surface area contributed by atoms with Crippen LogP contribution in [-0.4, -0.2) is 61.5 Å². The quantitative estimate of drug-likeness (QED) is 0.687. The highest BCUT2D eigenvalue weighted by Crippen LogP contribution is 2.17. The van der Waals surface area contributed by atoms with Crippen molar-refractivity contribution < 1.29 is 9.84 Å². The minimum absolute atomic E-state index is 0.0869. The first-order chi connectivity index (χ1) is 8.69. The molecule has 1 fully saturated rings. The van der Waals surface area contributed by atoms with Crippen molar-refractivity contribution in [2.45, 2.75) is 51.2 Å². The fourth-order valence-electron chi connectivity index (χ4n) is 2.62. The van der Waals surface area contributed by atoms with Gasteiger partial charge in [-0.25, -0.2) is 0 Å². The molecule has 0 aliphatic carbocycles. The lowest BCUT2D eigenvalue weighted by Crippen LogP contribution is -2.47. The molecule has 0 amide bonds. The number of nitrogens with zero attached hydrogens (tertiary/aromatic N) is 1. The maximum Gasteiger partial charge on any atom is 0.0700 e. The van der Waals surface area contributed by atoms with Crippen molar-refractivity contribution in [2.24, 2.45) is 0 Å². The third kappa shape index (κ3) is 4.50. The summed E-state index contributed by atoms with van der Waals surface area (Å²) in [4.78, 5) is 2.49. The maximum absolute atomic E-state index is 9.50. The SMILES string of the molecule is CCC1CN(CCCC(CC)(CO)NC)CCO1. The lowest BCUT2D eigenvalue weighted by Gasteiger charge is -2.34. The highest BCUT2D eigenvalue weighted by atomic mass is 16.5. The molecule has 0 saturated carbocycles. The summed E-state index contributed by atoms with van der Waals surface area (Å²) in [6.45, 7) is 8.63. The standard InChI is InChI=1S/C14H30N2O2/c1-4-13-11-16(9-10-18-13)8-6-7-14(5-2,12-17)15-3/h13,15,17H,4-12H2,1-3H3. The maximum atomic E-state index is 9.50. The van der Waals surface area contributed by atoms with Gasteiger partial charge in [0.25, 0.3) is 0 Å². The first-order valence-corrected chi connectivity index (χ1v) is 7.33. The first kappa shape index (κ1) is 15.9. The summed E-state index contributed by atoms with van der Waals surface area (Å²) in [7, 11) is 1.95. The van der Waals surface area contributed by atoms with Crippen LogP contribution in [-0.2, 0) is 4.74 Å². The molecule has 0 aromatic carbocycles. The summed E-state index contributed by atoms with van der Waals surface area (Å²) in [6.07, 6.45) is 4.65. The smallest absolute Gasteiger partial charge is 0.0700 e. The number of likely N-dealkylation sites (N-methyl/N-ethyl adjacent to an activating group) is 1. The molecule has 0 aromatic heterocycles. The van der Waals surface area contributed by atoms with E-state index in [-0.39, 0.29) is 12.1 Å². The molecule has 0 bridgehead atoms. The van der Waals surface area contributed by atoms with Crippen LogP contribution < -0.4 is 5.32 Å². The first-order valence-electron chi connectivity index (χ1n) is 7.33. The summed E-state index contributed by atoms with van der Waals surface area (Å²) in [6, 6.07) is 0. The van der Waals surface area contributed by atoms with E-state index in [0.717, 1.165) is 51.9 Å². The fourth-order valence-corrected chi connectivity index (χ4v) is 2.62. The molecule has 0 aromatic rings. The number of aliphatic hydroxyl groups excluding tert-OH is 1. The minimum atomic E-state index is -0.0869. The summed E-state index contributed by atoms with van der Waals surface area (Å²) < 4.78 is 5.67. The van der Waals surface area contributed by atoms with E-state index in [9.17, 15) is 5.11 Å². The van der Waals surface area contributed by atoms with Gasteiger partial charge in [0, 0.05) is 18.6 Å². The lowest BCUT2D eigenvalue weighted by molar-refractivity contribution is -0.0307. The van der Waals surface area contributed by atoms with Gasteiger partial charge in [-0.3, -0.25) is 4.90 Å². The van der Waals surface area contributed by atoms with Gasteiger partial charge in [0.1, 0.15) is 0 Å². The Bertz CT molecular complexity index is 212. The topological polar surface area (TPSA) is 44.7 Å². The molecule has 1 rings (SSSR count). The number of rotatable bonds is 8. The molecule has 1 heterocycles. The van der Waals surface area contributed by atoms with E-state index in [4.69, 9.17) is 4.74 Å². The average Bonchev–Trinajstić information content (AvgIpc) is 2.44. The molecule has 1 aliphatic heterocycles. The monoisotopic (exact) mass is 258 g/mol. The second-order valence-electron chi connectivity index (χ2n) is 5.35. The molecular weight excluding hydrogens is 228 g/mol. The van der Waals surface area contributed by atoms with Gasteiger partial charge >= 0.3 is 0 Å². The number of hydrogen-bond donors (Lipinski definition) is 2. The lowest BCUT2D eigenvalue weighted by atomic mass is 9.91. The van der Waals surface area contributed by atoms with Crippen LogP contribution in [0.1, 0.15) is 39.5 Å². The molecule has 2 unspecified atom stereocenters. The Hall–Kier alpha value is -0.160. The predicted molar refractivity (Wildman–Crippen MR) is 74.9 cm³/mol. The van der Waals surface area contributed by atoms with Crippen LogP contribution in [0.3, 0.4) is 0 Å². The molecular formula is C14H30N2O2. The highest BCUT2D eigenvalue weighted by Gasteiger charge is 2.25. The average molecular weight is 258 g/mol. The van der Waals surface area contributed by atoms with E-state index in [1.807, 2.05) is 7.05 Å². The van der Waals surface area contributed by atoms with E-state index in [1.54, 1.807) is 0 Å². The van der Waals surface area contributed by atoms with Crippen LogP contribution in [0.25, 0.3) is 0 Å². The van der Waals surface area contributed by atoms with Crippen LogP contribution in [0, 0.1) is 0 Å². The van der Waals surface area contributed by atoms with E-state index >= 15 is 0 Å². The number of hydrogen-bond acceptors (Lipinski definition) is 4. The summed E-state index contributed by atoms with van der Waals surface area (Å²) >= 11 is 0. The van der Waals surface area contributed by atoms with Crippen LogP contribution in [0.4, 0.5) is 0 Å². The Balaban J connectivity index is 2.28. The highest BCUT2D eigenvalue weighted by molar-refractivity contribution is 4.85. The van der Waals surface area contributed by atoms with E-state index in [0.29, 0.717) is 6.10 Å². The number of ether oxygens (including phenoxy) is 1. The summed E-state index contributed by atoms with van der Waals surface area (Å²) in [5, 5.41) is 12.8. The zero-order valence-electron chi connectivity index (χ0n) is 12.2. The van der Waals surface area contributed by atoms with Crippen molar-refractivity contribution >= 4 is 0 Å². The molecule has 4 heteroatoms. The van der Waals surface area contributed by atoms with Crippen molar-refractivity contribution in [1.29, 1.82) is 0 Å². The molecule has 2 atom stereocenters. The number of nitrogens with one attached hydrogen (secondary N) is 1. The van der Waals surface area contributed by atoms with E-state index in [2.05, 4.69) is 24.1 Å². The Labute approximate surface area is 112 Å². The molecule has 1 aliphatic rings. The van der Waals surface area contributed by atoms with Gasteiger partial charge in [0.05, 0.1) is 19.3 Å². The second kappa shape index (κ2) is 8.10. The molecule has 2 N–H and O–H groups in total. The summed E-state index contributed by atoms with van der Waals surface area (Å²) in [5.41, 5.74) is -0.0869. The van der Waals surface area contributed by atoms with E-state index < -0.39 is 0 Å². The van der Waals surface area contributed by atoms with Crippen molar-refractivity contribution in [3.63, 3.8) is 0 Å². The predicted octanol–water partition coefficient (Wildman–Crippen LogP) is 1.24. The van der Waals surface area contributed by atoms with Crippen molar-refractivity contribution in [1.82, 2.24) is 10.2 Å². The van der Waals surface area contributed by atoms with Gasteiger partial charge in [-0.2, -0.15) is 0 Å². The summed E-state index contributed by atoms with van der Waals surface area (Å²) in [5.74, 6) is 0. The molecule has 1 saturated heterocycles. The molecule has 108 valence electrons. The fraction of sp³-hybridized carbons (Fsp3) is 1.00. The minimum Gasteiger partial charge on any atom is -0.394 e. The third-order valence-corrected chi connectivity index (χ3v) is 4.32. The molecule has 18 heavy (non-hydrogen) atoms. The van der Waals surface area contributed by atoms with Gasteiger partial charge in [-0.1, -0.05) is 13.8 Å². The van der Waals surface area contributed by atoms with Gasteiger partial charge in [-0.05, 0) is 39.3 Å². The third-order valence-electron chi connectivity index (χ3n) is 4.32. The molecule has 0 radical (unpaired) electrons. The van der Waals surface area contributed by atoms with Crippen molar-refractivity contribution in [3.8, 4) is 0 Å². The normalized spacial score (nSPS) is 25.0. The van der Waals surface area contributed by atoms with Crippen LogP contribution in [0.5, 0.6) is 0 Å². The van der Waals surface area contributed by atoms with Crippen molar-refractivity contribution in [3.05, 3.63) is 0 Å². The Morgan fingerprint density at radius 2 is 2.22 bits per heavy atom. The Morgan fingerprint density at radius 1 is 1.44 bits per heavy atom. The molecule has 4 nitrogen and oxygen atoms in total. The number of morpholine rings is 1. The van der Waals surface area contributed by atoms with Gasteiger partial charge in [0.2, 0.25) is 0 Å². The zero-order chi connectivity index (χ0) is 13.4. The zero-order valence-corrected chi connectivity index (χ0v) is 12.2. The van der Waals surface area contributed by atoms with Crippen molar-refractivity contribution in [2.75, 3.05) is 39.9 Å². The van der Waals surface area contributed by atoms with Gasteiger partial charge in [0.15, 0.2) is 0 Å². The van der Waals surface area contributed by atoms with Crippen LogP contribution in [0.2, 0.25) is 0 Å². The van der Waals surface area contributed by atoms with E-state index in [1.165, 1.54) is 0 Å². The second-order valence-corrected chi connectivity index (χ2v) is 5.35.